The van der Waals surface area contributed by atoms with Crippen LogP contribution in [-0.4, -0.2) is 27.7 Å². The predicted molar refractivity (Wildman–Crippen MR) is 84.4 cm³/mol. The van der Waals surface area contributed by atoms with Crippen molar-refractivity contribution in [1.82, 2.24) is 15.3 Å². The molecule has 0 aliphatic heterocycles. The molecule has 1 aromatic rings. The molecule has 1 aliphatic rings. The summed E-state index contributed by atoms with van der Waals surface area (Å²) in [6.45, 7) is 6.23. The van der Waals surface area contributed by atoms with E-state index >= 15 is 0 Å². The standard InChI is InChI=1S/C15H23N3O2S/c1-9-5-4-6-12(11(9)3)17-14(20)8-21-15-16-10(2)7-13(19)18-15/h7,9,11-12H,4-6,8H2,1-3H3,(H,17,20)(H,16,18,19)/t9-,11+,12-/m0/s1. The normalized spacial score (nSPS) is 25.6. The molecule has 1 saturated carbocycles. The highest BCUT2D eigenvalue weighted by Gasteiger charge is 2.27. The first-order chi connectivity index (χ1) is 9.95. The number of nitrogens with one attached hydrogen (secondary N) is 2. The molecule has 2 N–H and O–H groups in total. The van der Waals surface area contributed by atoms with Crippen LogP contribution in [-0.2, 0) is 4.79 Å². The van der Waals surface area contributed by atoms with Crippen molar-refractivity contribution in [3.8, 4) is 0 Å². The summed E-state index contributed by atoms with van der Waals surface area (Å²) in [5.41, 5.74) is 0.483. The van der Waals surface area contributed by atoms with Crippen LogP contribution in [0.5, 0.6) is 0 Å². The molecule has 6 heteroatoms. The zero-order chi connectivity index (χ0) is 15.4. The van der Waals surface area contributed by atoms with E-state index in [2.05, 4.69) is 29.1 Å². The maximum Gasteiger partial charge on any atom is 0.251 e. The average molecular weight is 309 g/mol. The highest BCUT2D eigenvalue weighted by Crippen LogP contribution is 2.29. The summed E-state index contributed by atoms with van der Waals surface area (Å²) in [5.74, 6) is 1.47. The number of aromatic nitrogens is 2. The first-order valence-electron chi connectivity index (χ1n) is 7.46. The SMILES string of the molecule is Cc1cc(=O)[nH]c(SCC(=O)N[C@H]2CCC[C@H](C)[C@H]2C)n1. The molecule has 1 aliphatic carbocycles. The van der Waals surface area contributed by atoms with Crippen LogP contribution in [0.15, 0.2) is 16.0 Å². The number of aryl methyl sites for hydroxylation is 1. The summed E-state index contributed by atoms with van der Waals surface area (Å²) in [6, 6.07) is 1.71. The Hall–Kier alpha value is -1.30. The Bertz CT molecular complexity index is 558. The van der Waals surface area contributed by atoms with Gasteiger partial charge in [0.05, 0.1) is 5.75 Å². The molecule has 1 heterocycles. The number of H-pyrrole nitrogens is 1. The van der Waals surface area contributed by atoms with Crippen LogP contribution in [0.4, 0.5) is 0 Å². The Balaban J connectivity index is 1.86. The number of hydrogen-bond donors (Lipinski definition) is 2. The van der Waals surface area contributed by atoms with E-state index in [1.54, 1.807) is 6.92 Å². The van der Waals surface area contributed by atoms with E-state index in [1.807, 2.05) is 0 Å². The number of thioether (sulfide) groups is 1. The van der Waals surface area contributed by atoms with E-state index in [9.17, 15) is 9.59 Å². The lowest BCUT2D eigenvalue weighted by Gasteiger charge is -2.34. The fourth-order valence-corrected chi connectivity index (χ4v) is 3.52. The molecule has 5 nitrogen and oxygen atoms in total. The van der Waals surface area contributed by atoms with E-state index < -0.39 is 0 Å². The quantitative estimate of drug-likeness (QED) is 0.660. The maximum absolute atomic E-state index is 12.1. The smallest absolute Gasteiger partial charge is 0.251 e. The summed E-state index contributed by atoms with van der Waals surface area (Å²) in [4.78, 5) is 30.2. The van der Waals surface area contributed by atoms with E-state index in [-0.39, 0.29) is 23.3 Å². The van der Waals surface area contributed by atoms with Crippen molar-refractivity contribution in [2.45, 2.75) is 51.2 Å². The van der Waals surface area contributed by atoms with Crippen LogP contribution in [0.1, 0.15) is 38.8 Å². The highest BCUT2D eigenvalue weighted by atomic mass is 32.2. The molecular formula is C15H23N3O2S. The Morgan fingerprint density at radius 2 is 2.24 bits per heavy atom. The number of amides is 1. The first-order valence-corrected chi connectivity index (χ1v) is 8.44. The number of carbonyl (C=O) groups excluding carboxylic acids is 1. The zero-order valence-electron chi connectivity index (χ0n) is 12.8. The Morgan fingerprint density at radius 3 is 2.95 bits per heavy atom. The molecule has 2 rings (SSSR count). The van der Waals surface area contributed by atoms with Gasteiger partial charge < -0.3 is 10.3 Å². The molecule has 116 valence electrons. The molecule has 0 spiro atoms. The molecule has 1 amide bonds. The van der Waals surface area contributed by atoms with Gasteiger partial charge in [-0.05, 0) is 25.2 Å². The summed E-state index contributed by atoms with van der Waals surface area (Å²) in [6.07, 6.45) is 3.48. The molecule has 1 fully saturated rings. The zero-order valence-corrected chi connectivity index (χ0v) is 13.6. The van der Waals surface area contributed by atoms with Gasteiger partial charge in [-0.25, -0.2) is 4.98 Å². The van der Waals surface area contributed by atoms with Crippen LogP contribution in [0.3, 0.4) is 0 Å². The van der Waals surface area contributed by atoms with E-state index in [0.29, 0.717) is 22.7 Å². The third kappa shape index (κ3) is 4.59. The van der Waals surface area contributed by atoms with Crippen molar-refractivity contribution in [2.75, 3.05) is 5.75 Å². The Morgan fingerprint density at radius 1 is 1.48 bits per heavy atom. The van der Waals surface area contributed by atoms with Gasteiger partial charge in [0.25, 0.3) is 5.56 Å². The van der Waals surface area contributed by atoms with E-state index in [1.165, 1.54) is 30.7 Å². The average Bonchev–Trinajstić information content (AvgIpc) is 2.41. The second kappa shape index (κ2) is 7.11. The van der Waals surface area contributed by atoms with Gasteiger partial charge in [0.15, 0.2) is 5.16 Å². The highest BCUT2D eigenvalue weighted by molar-refractivity contribution is 7.99. The number of hydrogen-bond acceptors (Lipinski definition) is 4. The van der Waals surface area contributed by atoms with Gasteiger partial charge in [-0.2, -0.15) is 0 Å². The largest absolute Gasteiger partial charge is 0.352 e. The minimum atomic E-state index is -0.180. The number of aromatic amines is 1. The third-order valence-corrected chi connectivity index (χ3v) is 5.11. The van der Waals surface area contributed by atoms with Crippen LogP contribution >= 0.6 is 11.8 Å². The van der Waals surface area contributed by atoms with Crippen LogP contribution in [0, 0.1) is 18.8 Å². The monoisotopic (exact) mass is 309 g/mol. The van der Waals surface area contributed by atoms with Gasteiger partial charge in [0, 0.05) is 17.8 Å². The molecule has 0 saturated heterocycles. The molecule has 0 bridgehead atoms. The lowest BCUT2D eigenvalue weighted by atomic mass is 9.78. The summed E-state index contributed by atoms with van der Waals surface area (Å²) in [7, 11) is 0. The molecule has 0 unspecified atom stereocenters. The van der Waals surface area contributed by atoms with E-state index in [4.69, 9.17) is 0 Å². The van der Waals surface area contributed by atoms with Gasteiger partial charge in [-0.15, -0.1) is 0 Å². The first kappa shape index (κ1) is 16.1. The van der Waals surface area contributed by atoms with Gasteiger partial charge >= 0.3 is 0 Å². The van der Waals surface area contributed by atoms with Crippen molar-refractivity contribution >= 4 is 17.7 Å². The predicted octanol–water partition coefficient (Wildman–Crippen LogP) is 2.11. The lowest BCUT2D eigenvalue weighted by Crippen LogP contribution is -2.44. The third-order valence-electron chi connectivity index (χ3n) is 4.24. The van der Waals surface area contributed by atoms with Crippen LogP contribution < -0.4 is 10.9 Å². The molecule has 21 heavy (non-hydrogen) atoms. The van der Waals surface area contributed by atoms with Crippen molar-refractivity contribution < 1.29 is 4.79 Å². The number of rotatable bonds is 4. The molecule has 3 atom stereocenters. The number of carbonyl (C=O) groups is 1. The van der Waals surface area contributed by atoms with Crippen molar-refractivity contribution in [3.63, 3.8) is 0 Å². The van der Waals surface area contributed by atoms with Crippen LogP contribution in [0.25, 0.3) is 0 Å². The Labute approximate surface area is 129 Å². The van der Waals surface area contributed by atoms with Crippen molar-refractivity contribution in [1.29, 1.82) is 0 Å². The lowest BCUT2D eigenvalue weighted by molar-refractivity contribution is -0.120. The number of nitrogens with zero attached hydrogens (tertiary/aromatic N) is 1. The summed E-state index contributed by atoms with van der Waals surface area (Å²) in [5, 5.41) is 3.62. The van der Waals surface area contributed by atoms with Crippen molar-refractivity contribution in [3.05, 3.63) is 22.1 Å². The molecule has 0 aromatic carbocycles. The fraction of sp³-hybridized carbons (Fsp3) is 0.667. The fourth-order valence-electron chi connectivity index (χ4n) is 2.79. The van der Waals surface area contributed by atoms with Gasteiger partial charge in [0.2, 0.25) is 5.91 Å². The van der Waals surface area contributed by atoms with Gasteiger partial charge in [-0.1, -0.05) is 38.5 Å². The topological polar surface area (TPSA) is 74.8 Å². The van der Waals surface area contributed by atoms with Crippen LogP contribution in [0.2, 0.25) is 0 Å². The maximum atomic E-state index is 12.1. The Kier molecular flexibility index (Phi) is 5.45. The summed E-state index contributed by atoms with van der Waals surface area (Å²) < 4.78 is 0. The minimum absolute atomic E-state index is 0.00936. The second-order valence-corrected chi connectivity index (χ2v) is 6.89. The molecular weight excluding hydrogens is 286 g/mol. The molecule has 0 radical (unpaired) electrons. The van der Waals surface area contributed by atoms with Crippen molar-refractivity contribution in [2.24, 2.45) is 11.8 Å². The molecule has 1 aromatic heterocycles. The summed E-state index contributed by atoms with van der Waals surface area (Å²) >= 11 is 1.27. The van der Waals surface area contributed by atoms with E-state index in [0.717, 1.165) is 6.42 Å². The second-order valence-electron chi connectivity index (χ2n) is 5.92. The van der Waals surface area contributed by atoms with Gasteiger partial charge in [-0.3, -0.25) is 9.59 Å². The minimum Gasteiger partial charge on any atom is -0.352 e. The van der Waals surface area contributed by atoms with Gasteiger partial charge in [0.1, 0.15) is 0 Å².